The van der Waals surface area contributed by atoms with Crippen LogP contribution in [0.3, 0.4) is 0 Å². The van der Waals surface area contributed by atoms with Crippen LogP contribution in [0.2, 0.25) is 5.02 Å². The summed E-state index contributed by atoms with van der Waals surface area (Å²) < 4.78 is 7.06. The first-order valence-electron chi connectivity index (χ1n) is 9.37. The van der Waals surface area contributed by atoms with Gasteiger partial charge in [0.05, 0.1) is 18.2 Å². The molecular formula is C22H18ClN5O2S. The number of hydrogen-bond donors (Lipinski definition) is 1. The molecule has 0 aliphatic carbocycles. The average Bonchev–Trinajstić information content (AvgIpc) is 3.43. The van der Waals surface area contributed by atoms with Gasteiger partial charge in [0.2, 0.25) is 0 Å². The molecule has 4 rings (SSSR count). The molecule has 0 bridgehead atoms. The molecule has 7 nitrogen and oxygen atoms in total. The molecule has 2 aromatic heterocycles. The minimum absolute atomic E-state index is 0.125. The van der Waals surface area contributed by atoms with Crippen molar-refractivity contribution in [3.05, 3.63) is 83.3 Å². The van der Waals surface area contributed by atoms with Crippen LogP contribution >= 0.6 is 23.4 Å². The highest BCUT2D eigenvalue weighted by Crippen LogP contribution is 2.28. The van der Waals surface area contributed by atoms with Crippen molar-refractivity contribution in [2.75, 3.05) is 5.75 Å². The number of hydrogen-bond acceptors (Lipinski definition) is 6. The first-order valence-corrected chi connectivity index (χ1v) is 10.7. The molecule has 0 aliphatic heterocycles. The third-order valence-electron chi connectivity index (χ3n) is 4.28. The number of carbonyl (C=O) groups excluding carboxylic acids is 1. The lowest BCUT2D eigenvalue weighted by Crippen LogP contribution is -2.19. The van der Waals surface area contributed by atoms with E-state index >= 15 is 0 Å². The smallest absolute Gasteiger partial charge is 0.250 e. The summed E-state index contributed by atoms with van der Waals surface area (Å²) in [5, 5.41) is 13.8. The van der Waals surface area contributed by atoms with Crippen LogP contribution in [-0.4, -0.2) is 32.6 Å². The van der Waals surface area contributed by atoms with E-state index in [0.717, 1.165) is 16.8 Å². The maximum Gasteiger partial charge on any atom is 0.250 e. The van der Waals surface area contributed by atoms with Crippen LogP contribution in [0, 0.1) is 6.92 Å². The highest BCUT2D eigenvalue weighted by atomic mass is 35.5. The van der Waals surface area contributed by atoms with E-state index in [2.05, 4.69) is 20.7 Å². The largest absolute Gasteiger partial charge is 0.463 e. The SMILES string of the molecule is Cc1ccc(-n2c(SCC(=O)NN=Cc3ccco3)nnc2-c2ccc(Cl)cc2)cc1. The number of rotatable bonds is 7. The molecular weight excluding hydrogens is 434 g/mol. The standard InChI is InChI=1S/C22H18ClN5O2S/c1-15-4-10-18(11-5-15)28-21(16-6-8-17(23)9-7-16)26-27-22(28)31-14-20(29)25-24-13-19-3-2-12-30-19/h2-13H,14H2,1H3,(H,25,29). The van der Waals surface area contributed by atoms with Gasteiger partial charge in [0.1, 0.15) is 5.76 Å². The lowest BCUT2D eigenvalue weighted by Gasteiger charge is -2.10. The van der Waals surface area contributed by atoms with E-state index in [-0.39, 0.29) is 11.7 Å². The van der Waals surface area contributed by atoms with E-state index in [1.54, 1.807) is 12.1 Å². The van der Waals surface area contributed by atoms with Crippen LogP contribution in [0.5, 0.6) is 0 Å². The highest BCUT2D eigenvalue weighted by molar-refractivity contribution is 7.99. The summed E-state index contributed by atoms with van der Waals surface area (Å²) in [4.78, 5) is 12.2. The Balaban J connectivity index is 1.54. The lowest BCUT2D eigenvalue weighted by atomic mass is 10.2. The molecule has 31 heavy (non-hydrogen) atoms. The molecule has 0 unspecified atom stereocenters. The van der Waals surface area contributed by atoms with E-state index < -0.39 is 0 Å². The topological polar surface area (TPSA) is 85.3 Å². The van der Waals surface area contributed by atoms with Crippen LogP contribution in [0.4, 0.5) is 0 Å². The predicted molar refractivity (Wildman–Crippen MR) is 122 cm³/mol. The second-order valence-electron chi connectivity index (χ2n) is 6.58. The number of carbonyl (C=O) groups is 1. The van der Waals surface area contributed by atoms with Gasteiger partial charge in [-0.1, -0.05) is 41.1 Å². The van der Waals surface area contributed by atoms with Gasteiger partial charge in [-0.25, -0.2) is 5.43 Å². The second-order valence-corrected chi connectivity index (χ2v) is 7.96. The number of thioether (sulfide) groups is 1. The van der Waals surface area contributed by atoms with Crippen molar-refractivity contribution < 1.29 is 9.21 Å². The second kappa shape index (κ2) is 9.63. The molecule has 9 heteroatoms. The van der Waals surface area contributed by atoms with Gasteiger partial charge in [0.15, 0.2) is 11.0 Å². The maximum absolute atomic E-state index is 12.2. The van der Waals surface area contributed by atoms with Crippen molar-refractivity contribution >= 4 is 35.5 Å². The van der Waals surface area contributed by atoms with Crippen LogP contribution in [0.15, 0.2) is 81.6 Å². The van der Waals surface area contributed by atoms with E-state index in [1.165, 1.54) is 24.2 Å². The average molecular weight is 452 g/mol. The molecule has 156 valence electrons. The molecule has 4 aromatic rings. The zero-order valence-electron chi connectivity index (χ0n) is 16.5. The third-order valence-corrected chi connectivity index (χ3v) is 5.47. The molecule has 1 N–H and O–H groups in total. The fourth-order valence-electron chi connectivity index (χ4n) is 2.77. The van der Waals surface area contributed by atoms with Gasteiger partial charge in [0, 0.05) is 16.3 Å². The predicted octanol–water partition coefficient (Wildman–Crippen LogP) is 4.73. The van der Waals surface area contributed by atoms with Crippen LogP contribution in [0.25, 0.3) is 17.1 Å². The zero-order valence-corrected chi connectivity index (χ0v) is 18.1. The van der Waals surface area contributed by atoms with E-state index in [4.69, 9.17) is 16.0 Å². The van der Waals surface area contributed by atoms with Gasteiger partial charge in [0.25, 0.3) is 5.91 Å². The Morgan fingerprint density at radius 2 is 1.94 bits per heavy atom. The number of nitrogens with zero attached hydrogens (tertiary/aromatic N) is 4. The Morgan fingerprint density at radius 3 is 2.65 bits per heavy atom. The molecule has 0 saturated heterocycles. The Morgan fingerprint density at radius 1 is 1.16 bits per heavy atom. The molecule has 0 aliphatic rings. The zero-order chi connectivity index (χ0) is 21.6. The fourth-order valence-corrected chi connectivity index (χ4v) is 3.64. The molecule has 0 radical (unpaired) electrons. The summed E-state index contributed by atoms with van der Waals surface area (Å²) in [5.41, 5.74) is 5.40. The summed E-state index contributed by atoms with van der Waals surface area (Å²) in [5.74, 6) is 1.08. The van der Waals surface area contributed by atoms with Gasteiger partial charge >= 0.3 is 0 Å². The van der Waals surface area contributed by atoms with Crippen molar-refractivity contribution in [1.82, 2.24) is 20.2 Å². The highest BCUT2D eigenvalue weighted by Gasteiger charge is 2.17. The first-order chi connectivity index (χ1) is 15.1. The number of amides is 1. The van der Waals surface area contributed by atoms with Crippen molar-refractivity contribution in [2.45, 2.75) is 12.1 Å². The molecule has 1 amide bonds. The van der Waals surface area contributed by atoms with Crippen molar-refractivity contribution in [3.8, 4) is 17.1 Å². The molecule has 0 spiro atoms. The van der Waals surface area contributed by atoms with Gasteiger partial charge in [-0.15, -0.1) is 10.2 Å². The number of furan rings is 1. The summed E-state index contributed by atoms with van der Waals surface area (Å²) in [6, 6.07) is 18.9. The van der Waals surface area contributed by atoms with Crippen molar-refractivity contribution in [1.29, 1.82) is 0 Å². The molecule has 0 atom stereocenters. The first kappa shape index (κ1) is 20.9. The number of halogens is 1. The Labute approximate surface area is 188 Å². The number of nitrogens with one attached hydrogen (secondary N) is 1. The lowest BCUT2D eigenvalue weighted by molar-refractivity contribution is -0.118. The molecule has 2 aromatic carbocycles. The normalized spacial score (nSPS) is 11.2. The van der Waals surface area contributed by atoms with Crippen molar-refractivity contribution in [2.24, 2.45) is 5.10 Å². The van der Waals surface area contributed by atoms with E-state index in [0.29, 0.717) is 21.8 Å². The Bertz CT molecular complexity index is 1190. The number of benzene rings is 2. The minimum Gasteiger partial charge on any atom is -0.463 e. The Kier molecular flexibility index (Phi) is 6.49. The van der Waals surface area contributed by atoms with Crippen molar-refractivity contribution in [3.63, 3.8) is 0 Å². The quantitative estimate of drug-likeness (QED) is 0.249. The van der Waals surface area contributed by atoms with Gasteiger partial charge in [-0.05, 0) is 55.5 Å². The molecule has 2 heterocycles. The van der Waals surface area contributed by atoms with Gasteiger partial charge < -0.3 is 4.42 Å². The summed E-state index contributed by atoms with van der Waals surface area (Å²) >= 11 is 7.30. The summed E-state index contributed by atoms with van der Waals surface area (Å²) in [6.07, 6.45) is 2.98. The Hall–Kier alpha value is -3.36. The summed E-state index contributed by atoms with van der Waals surface area (Å²) in [6.45, 7) is 2.03. The number of aromatic nitrogens is 3. The number of aryl methyl sites for hydroxylation is 1. The summed E-state index contributed by atoms with van der Waals surface area (Å²) in [7, 11) is 0. The van der Waals surface area contributed by atoms with Crippen LogP contribution in [0.1, 0.15) is 11.3 Å². The maximum atomic E-state index is 12.2. The van der Waals surface area contributed by atoms with Gasteiger partial charge in [-0.3, -0.25) is 9.36 Å². The molecule has 0 fully saturated rings. The minimum atomic E-state index is -0.265. The van der Waals surface area contributed by atoms with Crippen LogP contribution < -0.4 is 5.43 Å². The number of hydrazone groups is 1. The van der Waals surface area contributed by atoms with E-state index in [9.17, 15) is 4.79 Å². The third kappa shape index (κ3) is 5.22. The monoisotopic (exact) mass is 451 g/mol. The van der Waals surface area contributed by atoms with Gasteiger partial charge in [-0.2, -0.15) is 5.10 Å². The van der Waals surface area contributed by atoms with Crippen LogP contribution in [-0.2, 0) is 4.79 Å². The molecule has 0 saturated carbocycles. The van der Waals surface area contributed by atoms with E-state index in [1.807, 2.05) is 60.0 Å². The fraction of sp³-hybridized carbons (Fsp3) is 0.0909.